The molecule has 0 aromatic heterocycles. The number of unbranched alkanes of at least 4 members (excludes halogenated alkanes) is 1. The minimum Gasteiger partial charge on any atom is -0.492 e. The first kappa shape index (κ1) is 33.6. The van der Waals surface area contributed by atoms with E-state index in [2.05, 4.69) is 12.2 Å². The van der Waals surface area contributed by atoms with Gasteiger partial charge in [-0.3, -0.25) is 13.9 Å². The van der Waals surface area contributed by atoms with Crippen molar-refractivity contribution in [3.05, 3.63) is 95.6 Å². The van der Waals surface area contributed by atoms with Crippen LogP contribution in [-0.2, 0) is 32.6 Å². The van der Waals surface area contributed by atoms with Gasteiger partial charge in [0.15, 0.2) is 0 Å². The second-order valence-electron chi connectivity index (χ2n) is 10.7. The molecule has 0 saturated carbocycles. The van der Waals surface area contributed by atoms with Crippen molar-refractivity contribution in [1.82, 2.24) is 10.2 Å². The number of nitrogens with one attached hydrogen (secondary N) is 1. The Morgan fingerprint density at radius 2 is 1.56 bits per heavy atom. The van der Waals surface area contributed by atoms with E-state index in [0.29, 0.717) is 31.0 Å². The van der Waals surface area contributed by atoms with Gasteiger partial charge in [-0.1, -0.05) is 85.6 Å². The lowest BCUT2D eigenvalue weighted by Crippen LogP contribution is -2.50. The molecular weight excluding hydrogens is 562 g/mol. The minimum absolute atomic E-state index is 0.0716. The highest BCUT2D eigenvalue weighted by atomic mass is 32.2. The molecule has 1 N–H and O–H groups in total. The molecule has 2 amide bonds. The van der Waals surface area contributed by atoms with Gasteiger partial charge in [0.1, 0.15) is 11.8 Å². The number of anilines is 1. The van der Waals surface area contributed by atoms with E-state index in [1.807, 2.05) is 68.4 Å². The average Bonchev–Trinajstić information content (AvgIpc) is 2.98. The fraction of sp³-hybridized carbons (Fsp3) is 0.412. The van der Waals surface area contributed by atoms with Gasteiger partial charge in [0.05, 0.1) is 18.6 Å². The SMILES string of the molecule is CCCCNC(=O)[C@H](Cc1ccccc1)N(Cc1ccc(C)cc1)C(=O)CCCN(c1ccccc1OCC)S(C)(=O)=O. The summed E-state index contributed by atoms with van der Waals surface area (Å²) in [5.41, 5.74) is 3.42. The normalized spacial score (nSPS) is 11.9. The van der Waals surface area contributed by atoms with Crippen LogP contribution in [-0.4, -0.2) is 57.1 Å². The highest BCUT2D eigenvalue weighted by Crippen LogP contribution is 2.30. The molecule has 8 nitrogen and oxygen atoms in total. The van der Waals surface area contributed by atoms with Crippen molar-refractivity contribution in [2.45, 2.75) is 65.5 Å². The molecular formula is C34H45N3O5S. The summed E-state index contributed by atoms with van der Waals surface area (Å²) in [6.45, 7) is 7.20. The maximum absolute atomic E-state index is 14.0. The van der Waals surface area contributed by atoms with Crippen LogP contribution in [0.2, 0.25) is 0 Å². The van der Waals surface area contributed by atoms with Crippen LogP contribution in [0.5, 0.6) is 5.75 Å². The number of carbonyl (C=O) groups excluding carboxylic acids is 2. The van der Waals surface area contributed by atoms with Gasteiger partial charge in [0, 0.05) is 32.5 Å². The number of nitrogens with zero attached hydrogens (tertiary/aromatic N) is 2. The Morgan fingerprint density at radius 3 is 2.21 bits per heavy atom. The Kier molecular flexibility index (Phi) is 13.1. The van der Waals surface area contributed by atoms with Crippen molar-refractivity contribution in [3.8, 4) is 5.75 Å². The van der Waals surface area contributed by atoms with E-state index in [-0.39, 0.29) is 37.7 Å². The van der Waals surface area contributed by atoms with Crippen molar-refractivity contribution in [3.63, 3.8) is 0 Å². The fourth-order valence-corrected chi connectivity index (χ4v) is 5.84. The molecule has 3 rings (SSSR count). The number of sulfonamides is 1. The van der Waals surface area contributed by atoms with E-state index in [1.54, 1.807) is 29.2 Å². The van der Waals surface area contributed by atoms with Gasteiger partial charge in [0.25, 0.3) is 0 Å². The molecule has 0 aliphatic carbocycles. The summed E-state index contributed by atoms with van der Waals surface area (Å²) in [7, 11) is -3.65. The Balaban J connectivity index is 1.88. The van der Waals surface area contributed by atoms with Gasteiger partial charge in [-0.05, 0) is 49.9 Å². The number of ether oxygens (including phenoxy) is 1. The number of benzene rings is 3. The number of aryl methyl sites for hydroxylation is 1. The smallest absolute Gasteiger partial charge is 0.243 e. The molecule has 43 heavy (non-hydrogen) atoms. The van der Waals surface area contributed by atoms with Crippen molar-refractivity contribution in [1.29, 1.82) is 0 Å². The zero-order valence-electron chi connectivity index (χ0n) is 25.8. The quantitative estimate of drug-likeness (QED) is 0.205. The lowest BCUT2D eigenvalue weighted by atomic mass is 10.0. The van der Waals surface area contributed by atoms with Crippen LogP contribution in [0.3, 0.4) is 0 Å². The average molecular weight is 608 g/mol. The van der Waals surface area contributed by atoms with Gasteiger partial charge >= 0.3 is 0 Å². The topological polar surface area (TPSA) is 96.0 Å². The highest BCUT2D eigenvalue weighted by Gasteiger charge is 2.30. The van der Waals surface area contributed by atoms with Crippen LogP contribution in [0, 0.1) is 6.92 Å². The van der Waals surface area contributed by atoms with Crippen LogP contribution in [0.4, 0.5) is 5.69 Å². The number of para-hydroxylation sites is 2. The monoisotopic (exact) mass is 607 g/mol. The van der Waals surface area contributed by atoms with Crippen molar-refractivity contribution in [2.75, 3.05) is 30.3 Å². The first-order valence-corrected chi connectivity index (χ1v) is 16.8. The second kappa shape index (κ2) is 16.7. The van der Waals surface area contributed by atoms with Crippen LogP contribution in [0.1, 0.15) is 56.2 Å². The number of rotatable bonds is 17. The lowest BCUT2D eigenvalue weighted by molar-refractivity contribution is -0.141. The summed E-state index contributed by atoms with van der Waals surface area (Å²) in [4.78, 5) is 29.2. The zero-order valence-corrected chi connectivity index (χ0v) is 26.6. The van der Waals surface area contributed by atoms with Gasteiger partial charge < -0.3 is 15.0 Å². The van der Waals surface area contributed by atoms with Crippen LogP contribution in [0.15, 0.2) is 78.9 Å². The van der Waals surface area contributed by atoms with Crippen LogP contribution in [0.25, 0.3) is 0 Å². The highest BCUT2D eigenvalue weighted by molar-refractivity contribution is 7.92. The summed E-state index contributed by atoms with van der Waals surface area (Å²) in [6, 6.07) is 23.9. The van der Waals surface area contributed by atoms with Crippen molar-refractivity contribution < 1.29 is 22.7 Å². The molecule has 0 saturated heterocycles. The molecule has 0 spiro atoms. The standard InChI is InChI=1S/C34H45N3O5S/c1-5-7-23-35-34(39)31(25-28-14-9-8-10-15-28)36(26-29-21-19-27(3)20-22-29)33(38)18-13-24-37(43(4,40)41)30-16-11-12-17-32(30)42-6-2/h8-12,14-17,19-22,31H,5-7,13,18,23-26H2,1-4H3,(H,35,39)/t31-/m0/s1. The predicted octanol–water partition coefficient (Wildman–Crippen LogP) is 5.50. The Labute approximate surface area is 257 Å². The van der Waals surface area contributed by atoms with Crippen LogP contribution >= 0.6 is 0 Å². The second-order valence-corrected chi connectivity index (χ2v) is 12.6. The number of carbonyl (C=O) groups is 2. The summed E-state index contributed by atoms with van der Waals surface area (Å²) in [5, 5.41) is 3.03. The van der Waals surface area contributed by atoms with Gasteiger partial charge in [-0.25, -0.2) is 8.42 Å². The molecule has 3 aromatic carbocycles. The third-order valence-corrected chi connectivity index (χ3v) is 8.34. The van der Waals surface area contributed by atoms with Crippen LogP contribution < -0.4 is 14.4 Å². The molecule has 1 atom stereocenters. The number of amides is 2. The van der Waals surface area contributed by atoms with Gasteiger partial charge in [-0.15, -0.1) is 0 Å². The van der Waals surface area contributed by atoms with Gasteiger partial charge in [-0.2, -0.15) is 0 Å². The summed E-state index contributed by atoms with van der Waals surface area (Å²) < 4.78 is 32.6. The zero-order chi connectivity index (χ0) is 31.2. The molecule has 232 valence electrons. The Bertz CT molecular complexity index is 1410. The van der Waals surface area contributed by atoms with E-state index in [0.717, 1.165) is 35.8 Å². The van der Waals surface area contributed by atoms with Gasteiger partial charge in [0.2, 0.25) is 21.8 Å². The molecule has 0 aliphatic heterocycles. The first-order valence-electron chi connectivity index (χ1n) is 15.0. The fourth-order valence-electron chi connectivity index (χ4n) is 4.87. The molecule has 0 heterocycles. The molecule has 0 aliphatic rings. The molecule has 0 radical (unpaired) electrons. The third-order valence-electron chi connectivity index (χ3n) is 7.16. The van der Waals surface area contributed by atoms with E-state index in [1.165, 1.54) is 4.31 Å². The number of hydrogen-bond acceptors (Lipinski definition) is 5. The third kappa shape index (κ3) is 10.4. The van der Waals surface area contributed by atoms with E-state index in [9.17, 15) is 18.0 Å². The molecule has 0 fully saturated rings. The van der Waals surface area contributed by atoms with E-state index < -0.39 is 16.1 Å². The minimum atomic E-state index is -3.65. The largest absolute Gasteiger partial charge is 0.492 e. The molecule has 9 heteroatoms. The van der Waals surface area contributed by atoms with E-state index >= 15 is 0 Å². The van der Waals surface area contributed by atoms with E-state index in [4.69, 9.17) is 4.74 Å². The maximum Gasteiger partial charge on any atom is 0.243 e. The summed E-state index contributed by atoms with van der Waals surface area (Å²) in [5.74, 6) is 0.0642. The number of hydrogen-bond donors (Lipinski definition) is 1. The molecule has 0 bridgehead atoms. The Morgan fingerprint density at radius 1 is 0.884 bits per heavy atom. The maximum atomic E-state index is 14.0. The first-order chi connectivity index (χ1) is 20.6. The molecule has 3 aromatic rings. The van der Waals surface area contributed by atoms with Crippen molar-refractivity contribution in [2.24, 2.45) is 0 Å². The Hall–Kier alpha value is -3.85. The lowest BCUT2D eigenvalue weighted by Gasteiger charge is -2.32. The molecule has 0 unspecified atom stereocenters. The van der Waals surface area contributed by atoms with Crippen molar-refractivity contribution >= 4 is 27.5 Å². The summed E-state index contributed by atoms with van der Waals surface area (Å²) in [6.07, 6.45) is 3.65. The summed E-state index contributed by atoms with van der Waals surface area (Å²) >= 11 is 0. The predicted molar refractivity (Wildman–Crippen MR) is 173 cm³/mol.